The van der Waals surface area contributed by atoms with E-state index in [1.54, 1.807) is 0 Å². The summed E-state index contributed by atoms with van der Waals surface area (Å²) in [5.74, 6) is -0.510. The number of alkyl halides is 3. The van der Waals surface area contributed by atoms with Gasteiger partial charge in [0, 0.05) is 5.69 Å². The van der Waals surface area contributed by atoms with Gasteiger partial charge in [0.25, 0.3) is 0 Å². The molecule has 0 aromatic heterocycles. The van der Waals surface area contributed by atoms with Gasteiger partial charge in [0.1, 0.15) is 12.3 Å². The largest absolute Gasteiger partial charge is 0.495 e. The van der Waals surface area contributed by atoms with Crippen LogP contribution in [0.5, 0.6) is 5.75 Å². The van der Waals surface area contributed by atoms with Crippen molar-refractivity contribution in [3.63, 3.8) is 0 Å². The van der Waals surface area contributed by atoms with Crippen LogP contribution in [0.25, 0.3) is 0 Å². The molecule has 0 saturated carbocycles. The Balaban J connectivity index is 2.24. The molecule has 0 radical (unpaired) electrons. The summed E-state index contributed by atoms with van der Waals surface area (Å²) in [5.41, 5.74) is -0.944. The third-order valence-electron chi connectivity index (χ3n) is 3.58. The molecular weight excluding hydrogens is 421 g/mol. The van der Waals surface area contributed by atoms with Crippen molar-refractivity contribution in [1.82, 2.24) is 0 Å². The molecule has 2 rings (SSSR count). The lowest BCUT2D eigenvalue weighted by Gasteiger charge is -2.22. The van der Waals surface area contributed by atoms with Gasteiger partial charge in [-0.25, -0.2) is 8.42 Å². The van der Waals surface area contributed by atoms with E-state index < -0.39 is 34.2 Å². The van der Waals surface area contributed by atoms with Crippen LogP contribution in [-0.2, 0) is 21.0 Å². The van der Waals surface area contributed by atoms with Crippen LogP contribution < -0.4 is 14.4 Å². The van der Waals surface area contributed by atoms with Crippen molar-refractivity contribution >= 4 is 38.9 Å². The molecule has 0 aliphatic heterocycles. The zero-order chi connectivity index (χ0) is 21.1. The molecule has 0 spiro atoms. The molecule has 0 heterocycles. The minimum absolute atomic E-state index is 0.104. The van der Waals surface area contributed by atoms with E-state index in [0.717, 1.165) is 28.8 Å². The van der Waals surface area contributed by atoms with E-state index in [1.165, 1.54) is 31.4 Å². The molecule has 2 aromatic rings. The number of anilines is 2. The second-order valence-corrected chi connectivity index (χ2v) is 8.03. The Kier molecular flexibility index (Phi) is 6.45. The summed E-state index contributed by atoms with van der Waals surface area (Å²) in [6.45, 7) is -0.655. The van der Waals surface area contributed by atoms with Crippen molar-refractivity contribution < 1.29 is 31.1 Å². The lowest BCUT2D eigenvalue weighted by Crippen LogP contribution is -2.37. The first-order valence-electron chi connectivity index (χ1n) is 7.70. The second kappa shape index (κ2) is 8.27. The number of rotatable bonds is 6. The Morgan fingerprint density at radius 2 is 1.89 bits per heavy atom. The number of hydrogen-bond acceptors (Lipinski definition) is 4. The third-order valence-corrected chi connectivity index (χ3v) is 5.02. The smallest absolute Gasteiger partial charge is 0.416 e. The number of carbonyl (C=O) groups is 1. The minimum Gasteiger partial charge on any atom is -0.495 e. The maximum Gasteiger partial charge on any atom is 0.416 e. The topological polar surface area (TPSA) is 75.7 Å². The van der Waals surface area contributed by atoms with Crippen molar-refractivity contribution in [2.45, 2.75) is 6.18 Å². The molecule has 2 aromatic carbocycles. The van der Waals surface area contributed by atoms with Crippen LogP contribution in [0.3, 0.4) is 0 Å². The van der Waals surface area contributed by atoms with Gasteiger partial charge in [-0.2, -0.15) is 13.2 Å². The SMILES string of the molecule is COc1ccc(N(CC(=O)Nc2cccc(C(F)(F)F)c2)S(C)(=O)=O)cc1Cl. The van der Waals surface area contributed by atoms with Crippen molar-refractivity contribution in [2.75, 3.05) is 29.5 Å². The monoisotopic (exact) mass is 436 g/mol. The van der Waals surface area contributed by atoms with Gasteiger partial charge >= 0.3 is 6.18 Å². The Hall–Kier alpha value is -2.46. The van der Waals surface area contributed by atoms with Crippen LogP contribution in [0.15, 0.2) is 42.5 Å². The molecule has 28 heavy (non-hydrogen) atoms. The van der Waals surface area contributed by atoms with Crippen molar-refractivity contribution in [3.05, 3.63) is 53.1 Å². The predicted molar refractivity (Wildman–Crippen MR) is 100 cm³/mol. The first-order chi connectivity index (χ1) is 12.9. The van der Waals surface area contributed by atoms with Gasteiger partial charge in [0.2, 0.25) is 15.9 Å². The van der Waals surface area contributed by atoms with Crippen LogP contribution in [0.1, 0.15) is 5.56 Å². The fourth-order valence-electron chi connectivity index (χ4n) is 2.31. The number of carbonyl (C=O) groups excluding carboxylic acids is 1. The highest BCUT2D eigenvalue weighted by Gasteiger charge is 2.30. The average Bonchev–Trinajstić information content (AvgIpc) is 2.58. The summed E-state index contributed by atoms with van der Waals surface area (Å²) >= 11 is 6.00. The highest BCUT2D eigenvalue weighted by atomic mass is 35.5. The molecule has 0 saturated heterocycles. The first kappa shape index (κ1) is 21.8. The summed E-state index contributed by atoms with van der Waals surface area (Å²) in [5, 5.41) is 2.39. The van der Waals surface area contributed by atoms with Crippen molar-refractivity contribution in [1.29, 1.82) is 0 Å². The molecule has 152 valence electrons. The highest BCUT2D eigenvalue weighted by Crippen LogP contribution is 2.31. The highest BCUT2D eigenvalue weighted by molar-refractivity contribution is 7.92. The molecule has 0 unspecified atom stereocenters. The number of methoxy groups -OCH3 is 1. The standard InChI is InChI=1S/C17H16ClF3N2O4S/c1-27-15-7-6-13(9-14(15)18)23(28(2,25)26)10-16(24)22-12-5-3-4-11(8-12)17(19,20)21/h3-9H,10H2,1-2H3,(H,22,24). The van der Waals surface area contributed by atoms with E-state index in [4.69, 9.17) is 16.3 Å². The summed E-state index contributed by atoms with van der Waals surface area (Å²) < 4.78 is 68.3. The lowest BCUT2D eigenvalue weighted by molar-refractivity contribution is -0.137. The van der Waals surface area contributed by atoms with E-state index in [2.05, 4.69) is 5.32 Å². The molecule has 6 nitrogen and oxygen atoms in total. The average molecular weight is 437 g/mol. The van der Waals surface area contributed by atoms with Crippen LogP contribution in [0, 0.1) is 0 Å². The number of sulfonamides is 1. The van der Waals surface area contributed by atoms with Gasteiger partial charge in [-0.05, 0) is 36.4 Å². The molecule has 1 amide bonds. The maximum absolute atomic E-state index is 12.8. The molecule has 0 fully saturated rings. The fraction of sp³-hybridized carbons (Fsp3) is 0.235. The lowest BCUT2D eigenvalue weighted by atomic mass is 10.2. The number of ether oxygens (including phenoxy) is 1. The van der Waals surface area contributed by atoms with Crippen LogP contribution in [0.4, 0.5) is 24.5 Å². The third kappa shape index (κ3) is 5.52. The second-order valence-electron chi connectivity index (χ2n) is 5.72. The number of nitrogens with zero attached hydrogens (tertiary/aromatic N) is 1. The fourth-order valence-corrected chi connectivity index (χ4v) is 3.41. The van der Waals surface area contributed by atoms with Gasteiger partial charge in [-0.3, -0.25) is 9.10 Å². The van der Waals surface area contributed by atoms with Crippen LogP contribution >= 0.6 is 11.6 Å². The Labute approximate surface area is 164 Å². The van der Waals surface area contributed by atoms with E-state index in [0.29, 0.717) is 5.75 Å². The molecule has 0 bridgehead atoms. The number of halogens is 4. The number of hydrogen-bond donors (Lipinski definition) is 1. The van der Waals surface area contributed by atoms with E-state index in [1.807, 2.05) is 0 Å². The predicted octanol–water partition coefficient (Wildman–Crippen LogP) is 3.77. The van der Waals surface area contributed by atoms with Gasteiger partial charge in [-0.1, -0.05) is 17.7 Å². The van der Waals surface area contributed by atoms with Gasteiger partial charge in [0.15, 0.2) is 0 Å². The van der Waals surface area contributed by atoms with Crippen molar-refractivity contribution in [2.24, 2.45) is 0 Å². The van der Waals surface area contributed by atoms with E-state index in [9.17, 15) is 26.4 Å². The van der Waals surface area contributed by atoms with Crippen LogP contribution in [0.2, 0.25) is 5.02 Å². The zero-order valence-corrected chi connectivity index (χ0v) is 16.3. The Morgan fingerprint density at radius 1 is 1.21 bits per heavy atom. The number of benzene rings is 2. The quantitative estimate of drug-likeness (QED) is 0.748. The normalized spacial score (nSPS) is 11.8. The van der Waals surface area contributed by atoms with Gasteiger partial charge in [-0.15, -0.1) is 0 Å². The number of nitrogens with one attached hydrogen (secondary N) is 1. The van der Waals surface area contributed by atoms with Crippen LogP contribution in [-0.4, -0.2) is 34.2 Å². The molecule has 1 N–H and O–H groups in total. The van der Waals surface area contributed by atoms with Gasteiger partial charge < -0.3 is 10.1 Å². The maximum atomic E-state index is 12.8. The summed E-state index contributed by atoms with van der Waals surface area (Å²) in [4.78, 5) is 12.3. The van der Waals surface area contributed by atoms with Gasteiger partial charge in [0.05, 0.1) is 29.6 Å². The first-order valence-corrected chi connectivity index (χ1v) is 9.93. The molecule has 11 heteroatoms. The Bertz CT molecular complexity index is 981. The summed E-state index contributed by atoms with van der Waals surface area (Å²) in [6.07, 6.45) is -3.68. The zero-order valence-electron chi connectivity index (χ0n) is 14.7. The molecule has 0 aliphatic rings. The summed E-state index contributed by atoms with van der Waals surface area (Å²) in [7, 11) is -2.49. The minimum atomic E-state index is -4.57. The molecular formula is C17H16ClF3N2O4S. The summed E-state index contributed by atoms with van der Waals surface area (Å²) in [6, 6.07) is 8.14. The van der Waals surface area contributed by atoms with E-state index >= 15 is 0 Å². The Morgan fingerprint density at radius 3 is 2.43 bits per heavy atom. The van der Waals surface area contributed by atoms with E-state index in [-0.39, 0.29) is 16.4 Å². The van der Waals surface area contributed by atoms with Crippen molar-refractivity contribution in [3.8, 4) is 5.75 Å². The molecule has 0 atom stereocenters. The number of amides is 1. The molecule has 0 aliphatic carbocycles.